The van der Waals surface area contributed by atoms with Gasteiger partial charge in [-0.3, -0.25) is 0 Å². The predicted molar refractivity (Wildman–Crippen MR) is 88.3 cm³/mol. The fourth-order valence-electron chi connectivity index (χ4n) is 1.82. The molecule has 118 valence electrons. The maximum atomic E-state index is 13.3. The molecule has 0 radical (unpaired) electrons. The summed E-state index contributed by atoms with van der Waals surface area (Å²) in [5.74, 6) is 1.34. The molecule has 0 spiro atoms. The van der Waals surface area contributed by atoms with Crippen LogP contribution in [0.2, 0.25) is 0 Å². The third kappa shape index (κ3) is 6.82. The summed E-state index contributed by atoms with van der Waals surface area (Å²) in [6.07, 6.45) is 2.01. The van der Waals surface area contributed by atoms with E-state index in [4.69, 9.17) is 4.74 Å². The quantitative estimate of drug-likeness (QED) is 0.439. The van der Waals surface area contributed by atoms with Crippen molar-refractivity contribution >= 4 is 17.7 Å². The van der Waals surface area contributed by atoms with E-state index in [2.05, 4.69) is 15.6 Å². The van der Waals surface area contributed by atoms with E-state index in [-0.39, 0.29) is 5.82 Å². The summed E-state index contributed by atoms with van der Waals surface area (Å²) in [7, 11) is 1.67. The van der Waals surface area contributed by atoms with Crippen LogP contribution >= 0.6 is 11.8 Å². The number of guanidine groups is 1. The minimum atomic E-state index is -0.197. The van der Waals surface area contributed by atoms with E-state index >= 15 is 0 Å². The van der Waals surface area contributed by atoms with E-state index in [1.165, 1.54) is 6.07 Å². The molecule has 0 heterocycles. The molecular weight excluding hydrogens is 289 g/mol. The topological polar surface area (TPSA) is 45.7 Å². The molecule has 0 saturated carbocycles. The number of hydrogen-bond acceptors (Lipinski definition) is 3. The van der Waals surface area contributed by atoms with E-state index < -0.39 is 0 Å². The Hall–Kier alpha value is -1.27. The zero-order valence-electron chi connectivity index (χ0n) is 12.9. The van der Waals surface area contributed by atoms with Gasteiger partial charge in [-0.25, -0.2) is 9.38 Å². The molecule has 0 unspecified atom stereocenters. The molecule has 1 aromatic carbocycles. The molecule has 0 aromatic heterocycles. The molecule has 0 bridgehead atoms. The first-order chi connectivity index (χ1) is 10.2. The van der Waals surface area contributed by atoms with E-state index in [0.717, 1.165) is 29.4 Å². The molecule has 6 heteroatoms. The van der Waals surface area contributed by atoms with Gasteiger partial charge in [-0.1, -0.05) is 6.07 Å². The van der Waals surface area contributed by atoms with Crippen molar-refractivity contribution in [3.63, 3.8) is 0 Å². The van der Waals surface area contributed by atoms with Crippen molar-refractivity contribution in [3.8, 4) is 0 Å². The maximum Gasteiger partial charge on any atom is 0.191 e. The van der Waals surface area contributed by atoms with Crippen molar-refractivity contribution in [3.05, 3.63) is 35.1 Å². The Kier molecular flexibility index (Phi) is 8.85. The number of hydrogen-bond donors (Lipinski definition) is 2. The van der Waals surface area contributed by atoms with Gasteiger partial charge in [0.25, 0.3) is 0 Å². The molecule has 1 rings (SSSR count). The lowest BCUT2D eigenvalue weighted by atomic mass is 10.1. The van der Waals surface area contributed by atoms with Crippen molar-refractivity contribution in [1.29, 1.82) is 0 Å². The normalized spacial score (nSPS) is 11.5. The molecule has 1 aromatic rings. The molecule has 0 fully saturated rings. The SMILES string of the molecule is CCNC(=NCc1ccc(F)cc1CSC)NCCOC. The first-order valence-corrected chi connectivity index (χ1v) is 8.38. The minimum Gasteiger partial charge on any atom is -0.383 e. The Balaban J connectivity index is 2.74. The van der Waals surface area contributed by atoms with Gasteiger partial charge < -0.3 is 15.4 Å². The van der Waals surface area contributed by atoms with Gasteiger partial charge in [-0.15, -0.1) is 0 Å². The number of ether oxygens (including phenoxy) is 1. The van der Waals surface area contributed by atoms with Gasteiger partial charge in [0.1, 0.15) is 5.82 Å². The van der Waals surface area contributed by atoms with Crippen LogP contribution in [0.15, 0.2) is 23.2 Å². The van der Waals surface area contributed by atoms with Crippen LogP contribution in [0.25, 0.3) is 0 Å². The van der Waals surface area contributed by atoms with Crippen LogP contribution in [0.1, 0.15) is 18.1 Å². The van der Waals surface area contributed by atoms with Crippen LogP contribution in [0.4, 0.5) is 4.39 Å². The molecule has 0 aliphatic rings. The summed E-state index contributed by atoms with van der Waals surface area (Å²) in [6, 6.07) is 4.88. The highest BCUT2D eigenvalue weighted by atomic mass is 32.2. The van der Waals surface area contributed by atoms with Gasteiger partial charge in [0, 0.05) is 26.0 Å². The van der Waals surface area contributed by atoms with Crippen LogP contribution in [0.3, 0.4) is 0 Å². The number of nitrogens with zero attached hydrogens (tertiary/aromatic N) is 1. The van der Waals surface area contributed by atoms with Gasteiger partial charge >= 0.3 is 0 Å². The molecule has 0 aliphatic heterocycles. The Bertz CT molecular complexity index is 455. The van der Waals surface area contributed by atoms with Crippen LogP contribution in [0, 0.1) is 5.82 Å². The zero-order chi connectivity index (χ0) is 15.5. The van der Waals surface area contributed by atoms with E-state index in [0.29, 0.717) is 19.7 Å². The van der Waals surface area contributed by atoms with Crippen LogP contribution < -0.4 is 10.6 Å². The fraction of sp³-hybridized carbons (Fsp3) is 0.533. The van der Waals surface area contributed by atoms with Gasteiger partial charge in [-0.2, -0.15) is 11.8 Å². The number of benzene rings is 1. The highest BCUT2D eigenvalue weighted by Gasteiger charge is 2.04. The second-order valence-corrected chi connectivity index (χ2v) is 5.33. The van der Waals surface area contributed by atoms with Crippen molar-refractivity contribution < 1.29 is 9.13 Å². The number of nitrogens with one attached hydrogen (secondary N) is 2. The van der Waals surface area contributed by atoms with Crippen LogP contribution in [-0.4, -0.2) is 39.0 Å². The van der Waals surface area contributed by atoms with E-state index in [1.54, 1.807) is 24.9 Å². The molecule has 0 atom stereocenters. The van der Waals surface area contributed by atoms with Crippen molar-refractivity contribution in [1.82, 2.24) is 10.6 Å². The number of rotatable bonds is 8. The smallest absolute Gasteiger partial charge is 0.191 e. The Morgan fingerprint density at radius 1 is 1.33 bits per heavy atom. The van der Waals surface area contributed by atoms with E-state index in [1.807, 2.05) is 19.2 Å². The fourth-order valence-corrected chi connectivity index (χ4v) is 2.40. The number of thioether (sulfide) groups is 1. The third-order valence-corrected chi connectivity index (χ3v) is 3.42. The highest BCUT2D eigenvalue weighted by Crippen LogP contribution is 2.17. The standard InChI is InChI=1S/C15H24FN3OS/c1-4-17-15(18-7-8-20-2)19-10-12-5-6-14(16)9-13(12)11-21-3/h5-6,9H,4,7-8,10-11H2,1-3H3,(H2,17,18,19). The number of halogens is 1. The monoisotopic (exact) mass is 313 g/mol. The van der Waals surface area contributed by atoms with Crippen molar-refractivity contribution in [2.24, 2.45) is 4.99 Å². The average Bonchev–Trinajstić information content (AvgIpc) is 2.47. The number of aliphatic imine (C=N–C) groups is 1. The molecule has 0 saturated heterocycles. The second kappa shape index (κ2) is 10.5. The van der Waals surface area contributed by atoms with Crippen LogP contribution in [-0.2, 0) is 17.0 Å². The average molecular weight is 313 g/mol. The Labute approximate surface area is 130 Å². The summed E-state index contributed by atoms with van der Waals surface area (Å²) in [5.41, 5.74) is 2.05. The summed E-state index contributed by atoms with van der Waals surface area (Å²) in [5, 5.41) is 6.37. The predicted octanol–water partition coefficient (Wildman–Crippen LogP) is 2.39. The zero-order valence-corrected chi connectivity index (χ0v) is 13.7. The lowest BCUT2D eigenvalue weighted by Crippen LogP contribution is -2.38. The summed E-state index contributed by atoms with van der Waals surface area (Å²) in [4.78, 5) is 4.54. The summed E-state index contributed by atoms with van der Waals surface area (Å²) < 4.78 is 18.3. The second-order valence-electron chi connectivity index (χ2n) is 4.46. The van der Waals surface area contributed by atoms with Crippen molar-refractivity contribution in [2.75, 3.05) is 33.1 Å². The minimum absolute atomic E-state index is 0.197. The lowest BCUT2D eigenvalue weighted by molar-refractivity contribution is 0.203. The molecular formula is C15H24FN3OS. The Morgan fingerprint density at radius 3 is 2.81 bits per heavy atom. The first kappa shape index (κ1) is 17.8. The molecule has 2 N–H and O–H groups in total. The third-order valence-electron chi connectivity index (χ3n) is 2.82. The van der Waals surface area contributed by atoms with Gasteiger partial charge in [0.05, 0.1) is 13.2 Å². The largest absolute Gasteiger partial charge is 0.383 e. The highest BCUT2D eigenvalue weighted by molar-refractivity contribution is 7.97. The van der Waals surface area contributed by atoms with Gasteiger partial charge in [0.15, 0.2) is 5.96 Å². The molecule has 0 aliphatic carbocycles. The molecule has 21 heavy (non-hydrogen) atoms. The van der Waals surface area contributed by atoms with Gasteiger partial charge in [0.2, 0.25) is 0 Å². The van der Waals surface area contributed by atoms with E-state index in [9.17, 15) is 4.39 Å². The number of methoxy groups -OCH3 is 1. The molecule has 0 amide bonds. The van der Waals surface area contributed by atoms with Crippen LogP contribution in [0.5, 0.6) is 0 Å². The lowest BCUT2D eigenvalue weighted by Gasteiger charge is -2.12. The molecule has 4 nitrogen and oxygen atoms in total. The van der Waals surface area contributed by atoms with Gasteiger partial charge in [-0.05, 0) is 36.4 Å². The first-order valence-electron chi connectivity index (χ1n) is 6.98. The van der Waals surface area contributed by atoms with Crippen molar-refractivity contribution in [2.45, 2.75) is 19.2 Å². The maximum absolute atomic E-state index is 13.3. The summed E-state index contributed by atoms with van der Waals surface area (Å²) >= 11 is 1.68. The summed E-state index contributed by atoms with van der Waals surface area (Å²) in [6.45, 7) is 4.66. The Morgan fingerprint density at radius 2 is 2.14 bits per heavy atom.